The van der Waals surface area contributed by atoms with Crippen LogP contribution in [-0.2, 0) is 16.6 Å². The molecule has 5 nitrogen and oxygen atoms in total. The van der Waals surface area contributed by atoms with E-state index in [1.54, 1.807) is 36.4 Å². The third-order valence-corrected chi connectivity index (χ3v) is 4.40. The largest absolute Gasteiger partial charge is 0.348 e. The van der Waals surface area contributed by atoms with E-state index in [0.717, 1.165) is 9.83 Å². The fourth-order valence-electron chi connectivity index (χ4n) is 1.89. The van der Waals surface area contributed by atoms with Crippen LogP contribution >= 0.6 is 22.6 Å². The van der Waals surface area contributed by atoms with Crippen molar-refractivity contribution in [2.75, 3.05) is 11.0 Å². The van der Waals surface area contributed by atoms with Gasteiger partial charge in [0.1, 0.15) is 0 Å². The lowest BCUT2D eigenvalue weighted by molar-refractivity contribution is 0.0950. The smallest absolute Gasteiger partial charge is 0.252 e. The van der Waals surface area contributed by atoms with Gasteiger partial charge in [-0.1, -0.05) is 30.3 Å². The summed E-state index contributed by atoms with van der Waals surface area (Å²) < 4.78 is 26.0. The number of hydrogen-bond donors (Lipinski definition) is 2. The highest BCUT2D eigenvalue weighted by atomic mass is 127. The minimum Gasteiger partial charge on any atom is -0.348 e. The van der Waals surface area contributed by atoms with Crippen LogP contribution in [0.5, 0.6) is 0 Å². The zero-order valence-corrected chi connectivity index (χ0v) is 14.8. The van der Waals surface area contributed by atoms with Crippen molar-refractivity contribution in [3.8, 4) is 0 Å². The summed E-state index contributed by atoms with van der Waals surface area (Å²) in [6.07, 6.45) is 1.09. The van der Waals surface area contributed by atoms with Crippen LogP contribution in [0.3, 0.4) is 0 Å². The second-order valence-corrected chi connectivity index (χ2v) is 7.60. The summed E-state index contributed by atoms with van der Waals surface area (Å²) in [5.74, 6) is -0.195. The molecule has 0 fully saturated rings. The van der Waals surface area contributed by atoms with E-state index in [0.29, 0.717) is 16.8 Å². The first-order valence-corrected chi connectivity index (χ1v) is 9.42. The van der Waals surface area contributed by atoms with Gasteiger partial charge in [0.05, 0.1) is 17.5 Å². The maximum atomic E-state index is 12.2. The van der Waals surface area contributed by atoms with E-state index in [9.17, 15) is 13.2 Å². The predicted octanol–water partition coefficient (Wildman–Crippen LogP) is 2.59. The number of carbonyl (C=O) groups is 1. The van der Waals surface area contributed by atoms with Gasteiger partial charge < -0.3 is 5.32 Å². The maximum absolute atomic E-state index is 12.2. The molecule has 1 amide bonds. The summed E-state index contributed by atoms with van der Waals surface area (Å²) in [5, 5.41) is 2.80. The van der Waals surface area contributed by atoms with E-state index in [1.165, 1.54) is 0 Å². The number of carbonyl (C=O) groups excluding carboxylic acids is 1. The lowest BCUT2D eigenvalue weighted by atomic mass is 10.1. The Morgan fingerprint density at radius 3 is 2.41 bits per heavy atom. The molecule has 2 rings (SSSR count). The third kappa shape index (κ3) is 4.70. The van der Waals surface area contributed by atoms with E-state index < -0.39 is 10.0 Å². The molecule has 0 saturated heterocycles. The number of rotatable bonds is 5. The number of sulfonamides is 1. The minimum atomic E-state index is -3.36. The molecule has 0 atom stereocenters. The number of benzene rings is 2. The van der Waals surface area contributed by atoms with E-state index in [2.05, 4.69) is 32.6 Å². The molecular weight excluding hydrogens is 415 g/mol. The van der Waals surface area contributed by atoms with Crippen LogP contribution in [0.25, 0.3) is 0 Å². The lowest BCUT2D eigenvalue weighted by Gasteiger charge is -2.12. The molecule has 0 aliphatic heterocycles. The Kier molecular flexibility index (Phi) is 5.41. The Balaban J connectivity index is 2.12. The molecule has 0 saturated carbocycles. The molecule has 0 spiro atoms. The lowest BCUT2D eigenvalue weighted by Crippen LogP contribution is -2.24. The quantitative estimate of drug-likeness (QED) is 0.717. The molecule has 2 aromatic rings. The molecule has 0 aliphatic rings. The first kappa shape index (κ1) is 16.8. The highest BCUT2D eigenvalue weighted by Crippen LogP contribution is 2.17. The number of halogens is 1. The van der Waals surface area contributed by atoms with E-state index >= 15 is 0 Å². The topological polar surface area (TPSA) is 75.3 Å². The van der Waals surface area contributed by atoms with Gasteiger partial charge in [-0.05, 0) is 46.4 Å². The first-order chi connectivity index (χ1) is 10.4. The number of nitrogens with one attached hydrogen (secondary N) is 2. The second-order valence-electron chi connectivity index (χ2n) is 4.69. The average Bonchev–Trinajstić information content (AvgIpc) is 2.45. The summed E-state index contributed by atoms with van der Waals surface area (Å²) in [6, 6.07) is 14.2. The average molecular weight is 430 g/mol. The highest BCUT2D eigenvalue weighted by molar-refractivity contribution is 14.1. The van der Waals surface area contributed by atoms with Gasteiger partial charge in [-0.15, -0.1) is 0 Å². The summed E-state index contributed by atoms with van der Waals surface area (Å²) in [5.41, 5.74) is 1.76. The predicted molar refractivity (Wildman–Crippen MR) is 95.2 cm³/mol. The standard InChI is InChI=1S/C15H15IN2O3S/c1-22(20,21)18-14-9-5-2-6-11(14)10-17-15(19)12-7-3-4-8-13(12)16/h2-9,18H,10H2,1H3,(H,17,19). The number of anilines is 1. The van der Waals surface area contributed by atoms with Crippen molar-refractivity contribution < 1.29 is 13.2 Å². The molecule has 7 heteroatoms. The molecule has 0 radical (unpaired) electrons. The van der Waals surface area contributed by atoms with Crippen molar-refractivity contribution in [2.24, 2.45) is 0 Å². The van der Waals surface area contributed by atoms with Crippen molar-refractivity contribution in [3.05, 3.63) is 63.2 Å². The molecule has 0 bridgehead atoms. The zero-order chi connectivity index (χ0) is 16.2. The Morgan fingerprint density at radius 1 is 1.09 bits per heavy atom. The van der Waals surface area contributed by atoms with E-state index in [4.69, 9.17) is 0 Å². The Bertz CT molecular complexity index is 791. The van der Waals surface area contributed by atoms with Crippen LogP contribution in [0, 0.1) is 3.57 Å². The molecule has 2 N–H and O–H groups in total. The zero-order valence-electron chi connectivity index (χ0n) is 11.8. The molecule has 0 aliphatic carbocycles. The Labute approximate surface area is 143 Å². The Morgan fingerprint density at radius 2 is 1.73 bits per heavy atom. The minimum absolute atomic E-state index is 0.195. The van der Waals surface area contributed by atoms with E-state index in [1.807, 2.05) is 12.1 Å². The van der Waals surface area contributed by atoms with Gasteiger partial charge in [-0.2, -0.15) is 0 Å². The Hall–Kier alpha value is -1.61. The van der Waals surface area contributed by atoms with Gasteiger partial charge in [0.25, 0.3) is 5.91 Å². The van der Waals surface area contributed by atoms with Crippen LogP contribution in [0.2, 0.25) is 0 Å². The maximum Gasteiger partial charge on any atom is 0.252 e. The van der Waals surface area contributed by atoms with Gasteiger partial charge in [0, 0.05) is 10.1 Å². The van der Waals surface area contributed by atoms with Crippen molar-refractivity contribution >= 4 is 44.2 Å². The monoisotopic (exact) mass is 430 g/mol. The van der Waals surface area contributed by atoms with E-state index in [-0.39, 0.29) is 12.5 Å². The van der Waals surface area contributed by atoms with Gasteiger partial charge in [0.2, 0.25) is 10.0 Å². The molecule has 22 heavy (non-hydrogen) atoms. The molecular formula is C15H15IN2O3S. The van der Waals surface area contributed by atoms with Crippen molar-refractivity contribution in [1.82, 2.24) is 5.32 Å². The van der Waals surface area contributed by atoms with Crippen LogP contribution in [0.1, 0.15) is 15.9 Å². The van der Waals surface area contributed by atoms with Crippen LogP contribution in [0.4, 0.5) is 5.69 Å². The summed E-state index contributed by atoms with van der Waals surface area (Å²) in [4.78, 5) is 12.2. The van der Waals surface area contributed by atoms with Crippen molar-refractivity contribution in [2.45, 2.75) is 6.54 Å². The third-order valence-electron chi connectivity index (χ3n) is 2.87. The molecule has 0 heterocycles. The second kappa shape index (κ2) is 7.10. The van der Waals surface area contributed by atoms with Gasteiger partial charge >= 0.3 is 0 Å². The molecule has 116 valence electrons. The number of para-hydroxylation sites is 1. The first-order valence-electron chi connectivity index (χ1n) is 6.45. The van der Waals surface area contributed by atoms with Gasteiger partial charge in [-0.3, -0.25) is 9.52 Å². The number of amides is 1. The fraction of sp³-hybridized carbons (Fsp3) is 0.133. The summed E-state index contributed by atoms with van der Waals surface area (Å²) >= 11 is 2.10. The van der Waals surface area contributed by atoms with Crippen molar-refractivity contribution in [3.63, 3.8) is 0 Å². The van der Waals surface area contributed by atoms with Crippen LogP contribution in [0.15, 0.2) is 48.5 Å². The highest BCUT2D eigenvalue weighted by Gasteiger charge is 2.11. The normalized spacial score (nSPS) is 11.0. The van der Waals surface area contributed by atoms with Gasteiger partial charge in [-0.25, -0.2) is 8.42 Å². The van der Waals surface area contributed by atoms with Crippen LogP contribution < -0.4 is 10.0 Å². The van der Waals surface area contributed by atoms with Gasteiger partial charge in [0.15, 0.2) is 0 Å². The SMILES string of the molecule is CS(=O)(=O)Nc1ccccc1CNC(=O)c1ccccc1I. The summed E-state index contributed by atoms with van der Waals surface area (Å²) in [6.45, 7) is 0.239. The molecule has 0 aromatic heterocycles. The van der Waals surface area contributed by atoms with Crippen LogP contribution in [-0.4, -0.2) is 20.6 Å². The van der Waals surface area contributed by atoms with Crippen molar-refractivity contribution in [1.29, 1.82) is 0 Å². The summed E-state index contributed by atoms with van der Waals surface area (Å²) in [7, 11) is -3.36. The molecule has 0 unspecified atom stereocenters. The molecule has 2 aromatic carbocycles. The number of hydrogen-bond acceptors (Lipinski definition) is 3. The fourth-order valence-corrected chi connectivity index (χ4v) is 3.12.